The number of rotatable bonds is 7. The van der Waals surface area contributed by atoms with Crippen LogP contribution in [0.15, 0.2) is 41.6 Å². The molecule has 2 aromatic heterocycles. The van der Waals surface area contributed by atoms with Crippen LogP contribution < -0.4 is 10.6 Å². The van der Waals surface area contributed by atoms with E-state index in [2.05, 4.69) is 30.7 Å². The van der Waals surface area contributed by atoms with Gasteiger partial charge in [-0.15, -0.1) is 5.10 Å². The normalized spacial score (nSPS) is 15.1. The van der Waals surface area contributed by atoms with Gasteiger partial charge in [-0.2, -0.15) is 22.8 Å². The summed E-state index contributed by atoms with van der Waals surface area (Å²) in [6, 6.07) is 3.98. The molecule has 1 saturated carbocycles. The highest BCUT2D eigenvalue weighted by Gasteiger charge is 2.47. The van der Waals surface area contributed by atoms with Crippen molar-refractivity contribution >= 4 is 21.7 Å². The van der Waals surface area contributed by atoms with Crippen molar-refractivity contribution in [2.24, 2.45) is 0 Å². The minimum Gasteiger partial charge on any atom is -0.356 e. The summed E-state index contributed by atoms with van der Waals surface area (Å²) in [5, 5.41) is 9.65. The molecule has 14 heteroatoms. The van der Waals surface area contributed by atoms with Gasteiger partial charge in [-0.1, -0.05) is 0 Å². The second kappa shape index (κ2) is 8.66. The first-order valence-electron chi connectivity index (χ1n) is 10.2. The lowest BCUT2D eigenvalue weighted by molar-refractivity contribution is -0.0436. The van der Waals surface area contributed by atoms with Crippen LogP contribution in [0.2, 0.25) is 0 Å². The van der Waals surface area contributed by atoms with E-state index in [4.69, 9.17) is 0 Å². The van der Waals surface area contributed by atoms with Gasteiger partial charge in [-0.3, -0.25) is 4.79 Å². The van der Waals surface area contributed by atoms with Crippen LogP contribution in [0.5, 0.6) is 0 Å². The molecule has 34 heavy (non-hydrogen) atoms. The Morgan fingerprint density at radius 2 is 1.85 bits per heavy atom. The third-order valence-corrected chi connectivity index (χ3v) is 6.65. The Bertz CT molecular complexity index is 1320. The van der Waals surface area contributed by atoms with Gasteiger partial charge in [0.2, 0.25) is 5.95 Å². The van der Waals surface area contributed by atoms with E-state index in [0.717, 1.165) is 12.1 Å². The third-order valence-electron chi connectivity index (χ3n) is 5.19. The number of anilines is 1. The number of hydrogen-bond donors (Lipinski definition) is 2. The van der Waals surface area contributed by atoms with Crippen molar-refractivity contribution in [2.75, 3.05) is 12.4 Å². The van der Waals surface area contributed by atoms with E-state index in [0.29, 0.717) is 18.4 Å². The van der Waals surface area contributed by atoms with Gasteiger partial charge in [0.1, 0.15) is 0 Å². The molecule has 3 aromatic rings. The molecule has 1 aliphatic rings. The van der Waals surface area contributed by atoms with Crippen LogP contribution in [0.1, 0.15) is 53.5 Å². The van der Waals surface area contributed by atoms with Crippen LogP contribution >= 0.6 is 0 Å². The first-order valence-corrected chi connectivity index (χ1v) is 11.7. The molecule has 1 aliphatic carbocycles. The SMILES string of the molecule is CNc1nc([C@H](C)NC(=O)c2cc(C3CC3)cc(S(=O)(=O)C(F)(F)F)c2)n(-c2ncccn2)n1. The van der Waals surface area contributed by atoms with E-state index in [9.17, 15) is 26.4 Å². The predicted molar refractivity (Wildman–Crippen MR) is 114 cm³/mol. The molecular weight excluding hydrogens is 475 g/mol. The monoisotopic (exact) mass is 495 g/mol. The molecule has 1 aromatic carbocycles. The Balaban J connectivity index is 1.67. The number of carbonyl (C=O) groups is 1. The van der Waals surface area contributed by atoms with E-state index >= 15 is 0 Å². The van der Waals surface area contributed by atoms with Gasteiger partial charge >= 0.3 is 5.51 Å². The minimum atomic E-state index is -5.62. The Morgan fingerprint density at radius 3 is 2.44 bits per heavy atom. The maximum Gasteiger partial charge on any atom is 0.501 e. The Kier molecular flexibility index (Phi) is 6.02. The fourth-order valence-electron chi connectivity index (χ4n) is 3.30. The lowest BCUT2D eigenvalue weighted by atomic mass is 10.1. The highest BCUT2D eigenvalue weighted by atomic mass is 32.2. The lowest BCUT2D eigenvalue weighted by Crippen LogP contribution is -2.29. The first-order chi connectivity index (χ1) is 16.0. The number of hydrogen-bond acceptors (Lipinski definition) is 8. The van der Waals surface area contributed by atoms with Gasteiger partial charge < -0.3 is 10.6 Å². The van der Waals surface area contributed by atoms with E-state index in [-0.39, 0.29) is 29.2 Å². The van der Waals surface area contributed by atoms with E-state index in [1.54, 1.807) is 20.0 Å². The summed E-state index contributed by atoms with van der Waals surface area (Å²) in [6.45, 7) is 1.60. The van der Waals surface area contributed by atoms with Crippen molar-refractivity contribution in [2.45, 2.75) is 42.1 Å². The van der Waals surface area contributed by atoms with Crippen LogP contribution in [-0.4, -0.2) is 51.6 Å². The molecule has 10 nitrogen and oxygen atoms in total. The molecule has 0 bridgehead atoms. The molecule has 2 N–H and O–H groups in total. The highest BCUT2D eigenvalue weighted by molar-refractivity contribution is 7.92. The number of halogens is 3. The summed E-state index contributed by atoms with van der Waals surface area (Å²) in [4.78, 5) is 24.5. The number of aromatic nitrogens is 5. The zero-order valence-corrected chi connectivity index (χ0v) is 18.9. The van der Waals surface area contributed by atoms with Gasteiger partial charge in [-0.25, -0.2) is 18.4 Å². The molecular formula is C20H20F3N7O3S. The third kappa shape index (κ3) is 4.58. The molecule has 0 spiro atoms. The van der Waals surface area contributed by atoms with Crippen molar-refractivity contribution in [1.82, 2.24) is 30.0 Å². The number of amides is 1. The molecule has 1 atom stereocenters. The quantitative estimate of drug-likeness (QED) is 0.512. The molecule has 2 heterocycles. The fourth-order valence-corrected chi connectivity index (χ4v) is 4.14. The van der Waals surface area contributed by atoms with Crippen molar-refractivity contribution in [1.29, 1.82) is 0 Å². The minimum absolute atomic E-state index is 0.0797. The predicted octanol–water partition coefficient (Wildman–Crippen LogP) is 2.76. The van der Waals surface area contributed by atoms with Crippen LogP contribution in [0.4, 0.5) is 19.1 Å². The average Bonchev–Trinajstić information content (AvgIpc) is 3.56. The molecule has 4 rings (SSSR count). The maximum atomic E-state index is 13.1. The van der Waals surface area contributed by atoms with E-state index in [1.165, 1.54) is 23.1 Å². The van der Waals surface area contributed by atoms with Crippen molar-refractivity contribution in [3.8, 4) is 5.95 Å². The lowest BCUT2D eigenvalue weighted by Gasteiger charge is -2.16. The average molecular weight is 495 g/mol. The second-order valence-corrected chi connectivity index (χ2v) is 9.65. The zero-order chi connectivity index (χ0) is 24.7. The number of nitrogens with zero attached hydrogens (tertiary/aromatic N) is 5. The molecule has 0 unspecified atom stereocenters. The van der Waals surface area contributed by atoms with Crippen molar-refractivity contribution in [3.63, 3.8) is 0 Å². The van der Waals surface area contributed by atoms with Crippen LogP contribution in [0.25, 0.3) is 5.95 Å². The Labute approximate surface area is 192 Å². The summed E-state index contributed by atoms with van der Waals surface area (Å²) >= 11 is 0. The topological polar surface area (TPSA) is 132 Å². The Morgan fingerprint density at radius 1 is 1.18 bits per heavy atom. The molecule has 180 valence electrons. The van der Waals surface area contributed by atoms with Gasteiger partial charge in [-0.05, 0) is 55.5 Å². The number of sulfone groups is 1. The number of nitrogens with one attached hydrogen (secondary N) is 2. The fraction of sp³-hybridized carbons (Fsp3) is 0.350. The van der Waals surface area contributed by atoms with Gasteiger partial charge in [0.25, 0.3) is 21.7 Å². The van der Waals surface area contributed by atoms with Gasteiger partial charge in [0, 0.05) is 25.0 Å². The Hall–Kier alpha value is -3.55. The smallest absolute Gasteiger partial charge is 0.356 e. The highest BCUT2D eigenvalue weighted by Crippen LogP contribution is 2.42. The van der Waals surface area contributed by atoms with Crippen LogP contribution in [0, 0.1) is 0 Å². The van der Waals surface area contributed by atoms with Gasteiger partial charge in [0.15, 0.2) is 5.82 Å². The largest absolute Gasteiger partial charge is 0.501 e. The second-order valence-electron chi connectivity index (χ2n) is 7.71. The summed E-state index contributed by atoms with van der Waals surface area (Å²) < 4.78 is 64.8. The summed E-state index contributed by atoms with van der Waals surface area (Å²) in [6.07, 6.45) is 4.42. The van der Waals surface area contributed by atoms with E-state index in [1.807, 2.05) is 0 Å². The number of alkyl halides is 3. The standard InChI is InChI=1S/C20H20F3N7O3S/c1-11(16-28-18(24-2)29-30(16)19-25-6-3-7-26-19)27-17(31)14-8-13(12-4-5-12)9-15(10-14)34(32,33)20(21,22)23/h3,6-12H,4-5H2,1-2H3,(H,24,29)(H,27,31)/t11-/m0/s1. The zero-order valence-electron chi connectivity index (χ0n) is 18.0. The summed E-state index contributed by atoms with van der Waals surface area (Å²) in [5.74, 6) is -0.155. The molecule has 0 aliphatic heterocycles. The maximum absolute atomic E-state index is 13.1. The summed E-state index contributed by atoms with van der Waals surface area (Å²) in [7, 11) is -4.01. The van der Waals surface area contributed by atoms with Crippen molar-refractivity contribution in [3.05, 3.63) is 53.6 Å². The number of benzene rings is 1. The van der Waals surface area contributed by atoms with E-state index < -0.39 is 32.2 Å². The molecule has 0 radical (unpaired) electrons. The summed E-state index contributed by atoms with van der Waals surface area (Å²) in [5.41, 5.74) is -5.30. The first kappa shape index (κ1) is 23.6. The molecule has 1 amide bonds. The molecule has 0 saturated heterocycles. The van der Waals surface area contributed by atoms with Gasteiger partial charge in [0.05, 0.1) is 10.9 Å². The molecule has 1 fully saturated rings. The van der Waals surface area contributed by atoms with Crippen molar-refractivity contribution < 1.29 is 26.4 Å². The van der Waals surface area contributed by atoms with Crippen LogP contribution in [0.3, 0.4) is 0 Å². The number of carbonyl (C=O) groups excluding carboxylic acids is 1. The van der Waals surface area contributed by atoms with Crippen LogP contribution in [-0.2, 0) is 9.84 Å².